The maximum atomic E-state index is 5.96. The van der Waals surface area contributed by atoms with Crippen LogP contribution in [0.15, 0.2) is 24.3 Å². The first-order valence-electron chi connectivity index (χ1n) is 7.92. The molecule has 3 N–H and O–H groups in total. The minimum absolute atomic E-state index is 0.687. The van der Waals surface area contributed by atoms with Crippen molar-refractivity contribution < 1.29 is 0 Å². The normalized spacial score (nSPS) is 17.4. The summed E-state index contributed by atoms with van der Waals surface area (Å²) in [4.78, 5) is 6.17. The van der Waals surface area contributed by atoms with Gasteiger partial charge in [-0.25, -0.2) is 0 Å². The lowest BCUT2D eigenvalue weighted by Crippen LogP contribution is -2.38. The molecule has 6 rings (SSSR count). The molecule has 5 nitrogen and oxygen atoms in total. The number of hydrogen-bond donors (Lipinski definition) is 2. The van der Waals surface area contributed by atoms with Gasteiger partial charge in [0.2, 0.25) is 0 Å². The molecule has 5 heterocycles. The van der Waals surface area contributed by atoms with E-state index in [0.29, 0.717) is 11.7 Å². The van der Waals surface area contributed by atoms with Crippen molar-refractivity contribution in [1.29, 1.82) is 0 Å². The van der Waals surface area contributed by atoms with Gasteiger partial charge in [0.1, 0.15) is 11.6 Å². The molecular formula is C17H19N5. The Labute approximate surface area is 128 Å². The van der Waals surface area contributed by atoms with E-state index in [1.807, 2.05) is 13.1 Å². The first-order chi connectivity index (χ1) is 10.7. The predicted molar refractivity (Wildman–Crippen MR) is 89.1 cm³/mol. The molecule has 1 fully saturated rings. The maximum absolute atomic E-state index is 5.96. The first-order valence-corrected chi connectivity index (χ1v) is 7.92. The van der Waals surface area contributed by atoms with Crippen molar-refractivity contribution in [3.05, 3.63) is 29.8 Å². The Morgan fingerprint density at radius 3 is 2.82 bits per heavy atom. The van der Waals surface area contributed by atoms with E-state index >= 15 is 0 Å². The van der Waals surface area contributed by atoms with E-state index in [1.165, 1.54) is 48.2 Å². The van der Waals surface area contributed by atoms with Crippen LogP contribution in [0.4, 0.5) is 11.6 Å². The lowest BCUT2D eigenvalue weighted by molar-refractivity contribution is 0.475. The van der Waals surface area contributed by atoms with Crippen molar-refractivity contribution in [2.45, 2.75) is 18.8 Å². The number of aryl methyl sites for hydroxylation is 1. The van der Waals surface area contributed by atoms with Gasteiger partial charge in [-0.2, -0.15) is 5.10 Å². The van der Waals surface area contributed by atoms with Gasteiger partial charge in [0.25, 0.3) is 0 Å². The van der Waals surface area contributed by atoms with Crippen LogP contribution in [0, 0.1) is 0 Å². The number of para-hydroxylation sites is 1. The van der Waals surface area contributed by atoms with Crippen LogP contribution < -0.4 is 10.6 Å². The Kier molecular flexibility index (Phi) is 2.24. The van der Waals surface area contributed by atoms with Crippen molar-refractivity contribution >= 4 is 22.5 Å². The van der Waals surface area contributed by atoms with Crippen LogP contribution in [-0.2, 0) is 7.05 Å². The van der Waals surface area contributed by atoms with Gasteiger partial charge in [-0.1, -0.05) is 18.2 Å². The van der Waals surface area contributed by atoms with Gasteiger partial charge in [0, 0.05) is 42.7 Å². The second-order valence-corrected chi connectivity index (χ2v) is 6.45. The maximum Gasteiger partial charge on any atom is 0.121 e. The standard InChI is InChI=1S/C17H19N5/c1-21-14(18)9-13(20-21)11-3-2-4-12-15-10-5-7-22(8-6-10)17(15)19-16(11)12/h2-4,9-10,19H,5-8,18H2,1H3. The SMILES string of the molecule is Cn1nc(-c2cccc3c4c([nH]c23)N2CCC4CC2)cc1N. The van der Waals surface area contributed by atoms with E-state index in [9.17, 15) is 0 Å². The van der Waals surface area contributed by atoms with Crippen LogP contribution in [0.3, 0.4) is 0 Å². The zero-order valence-corrected chi connectivity index (χ0v) is 12.6. The van der Waals surface area contributed by atoms with Crippen molar-refractivity contribution in [3.63, 3.8) is 0 Å². The van der Waals surface area contributed by atoms with Crippen LogP contribution >= 0.6 is 0 Å². The summed E-state index contributed by atoms with van der Waals surface area (Å²) >= 11 is 0. The fraction of sp³-hybridized carbons (Fsp3) is 0.353. The van der Waals surface area contributed by atoms with Crippen molar-refractivity contribution in [2.24, 2.45) is 7.05 Å². The number of aromatic amines is 1. The summed E-state index contributed by atoms with van der Waals surface area (Å²) in [5.41, 5.74) is 10.7. The number of nitrogens with zero attached hydrogens (tertiary/aromatic N) is 3. The monoisotopic (exact) mass is 293 g/mol. The van der Waals surface area contributed by atoms with Gasteiger partial charge in [-0.05, 0) is 18.8 Å². The van der Waals surface area contributed by atoms with E-state index in [2.05, 4.69) is 33.2 Å². The molecule has 2 aromatic heterocycles. The summed E-state index contributed by atoms with van der Waals surface area (Å²) in [6.45, 7) is 2.35. The smallest absolute Gasteiger partial charge is 0.121 e. The Bertz CT molecular complexity index is 860. The van der Waals surface area contributed by atoms with Gasteiger partial charge in [0.05, 0.1) is 11.2 Å². The van der Waals surface area contributed by atoms with Crippen LogP contribution in [0.25, 0.3) is 22.2 Å². The Hall–Kier alpha value is -2.43. The van der Waals surface area contributed by atoms with Crippen LogP contribution in [0.5, 0.6) is 0 Å². The number of aromatic nitrogens is 3. The van der Waals surface area contributed by atoms with Crippen LogP contribution in [-0.4, -0.2) is 27.9 Å². The minimum Gasteiger partial charge on any atom is -0.384 e. The van der Waals surface area contributed by atoms with Gasteiger partial charge in [-0.3, -0.25) is 4.68 Å². The third-order valence-corrected chi connectivity index (χ3v) is 5.26. The molecule has 2 bridgehead atoms. The van der Waals surface area contributed by atoms with Gasteiger partial charge >= 0.3 is 0 Å². The molecule has 0 spiro atoms. The number of hydrogen-bond acceptors (Lipinski definition) is 3. The molecule has 0 aliphatic carbocycles. The second kappa shape index (κ2) is 4.06. The highest BCUT2D eigenvalue weighted by molar-refractivity contribution is 5.99. The van der Waals surface area contributed by atoms with E-state index in [-0.39, 0.29) is 0 Å². The number of benzene rings is 1. The Morgan fingerprint density at radius 1 is 1.27 bits per heavy atom. The number of nitrogen functional groups attached to an aromatic ring is 1. The largest absolute Gasteiger partial charge is 0.384 e. The summed E-state index contributed by atoms with van der Waals surface area (Å²) < 4.78 is 1.73. The molecule has 0 atom stereocenters. The van der Waals surface area contributed by atoms with Crippen LogP contribution in [0.1, 0.15) is 24.3 Å². The average molecular weight is 293 g/mol. The number of fused-ring (bicyclic) bond motifs is 3. The van der Waals surface area contributed by atoms with Crippen molar-refractivity contribution in [1.82, 2.24) is 14.8 Å². The summed E-state index contributed by atoms with van der Waals surface area (Å²) in [7, 11) is 1.88. The number of nitrogens with two attached hydrogens (primary N) is 1. The molecule has 0 radical (unpaired) electrons. The molecular weight excluding hydrogens is 274 g/mol. The summed E-state index contributed by atoms with van der Waals surface area (Å²) in [6.07, 6.45) is 2.56. The highest BCUT2D eigenvalue weighted by atomic mass is 15.3. The molecule has 0 amide bonds. The fourth-order valence-corrected chi connectivity index (χ4v) is 4.11. The number of rotatable bonds is 1. The fourth-order valence-electron chi connectivity index (χ4n) is 4.11. The lowest BCUT2D eigenvalue weighted by atomic mass is 9.84. The molecule has 3 aliphatic rings. The topological polar surface area (TPSA) is 62.9 Å². The summed E-state index contributed by atoms with van der Waals surface area (Å²) in [5, 5.41) is 5.90. The number of H-pyrrole nitrogens is 1. The lowest BCUT2D eigenvalue weighted by Gasteiger charge is -2.40. The summed E-state index contributed by atoms with van der Waals surface area (Å²) in [6, 6.07) is 8.45. The Morgan fingerprint density at radius 2 is 2.09 bits per heavy atom. The third kappa shape index (κ3) is 1.46. The van der Waals surface area contributed by atoms with Gasteiger partial charge in [-0.15, -0.1) is 0 Å². The summed E-state index contributed by atoms with van der Waals surface area (Å²) in [5.74, 6) is 2.72. The highest BCUT2D eigenvalue weighted by Crippen LogP contribution is 2.47. The highest BCUT2D eigenvalue weighted by Gasteiger charge is 2.34. The number of piperidine rings is 1. The molecule has 22 heavy (non-hydrogen) atoms. The van der Waals surface area contributed by atoms with Gasteiger partial charge < -0.3 is 15.6 Å². The van der Waals surface area contributed by atoms with Crippen LogP contribution in [0.2, 0.25) is 0 Å². The molecule has 5 heteroatoms. The number of nitrogens with one attached hydrogen (secondary N) is 1. The molecule has 3 aliphatic heterocycles. The molecule has 0 unspecified atom stereocenters. The quantitative estimate of drug-likeness (QED) is 0.725. The molecule has 3 aromatic rings. The molecule has 112 valence electrons. The van der Waals surface area contributed by atoms with E-state index < -0.39 is 0 Å². The van der Waals surface area contributed by atoms with Gasteiger partial charge in [0.15, 0.2) is 0 Å². The molecule has 0 saturated carbocycles. The van der Waals surface area contributed by atoms with E-state index in [4.69, 9.17) is 5.73 Å². The zero-order chi connectivity index (χ0) is 14.8. The minimum atomic E-state index is 0.687. The van der Waals surface area contributed by atoms with E-state index in [1.54, 1.807) is 4.68 Å². The predicted octanol–water partition coefficient (Wildman–Crippen LogP) is 2.85. The third-order valence-electron chi connectivity index (χ3n) is 5.26. The molecule has 1 saturated heterocycles. The van der Waals surface area contributed by atoms with Crippen molar-refractivity contribution in [2.75, 3.05) is 23.7 Å². The molecule has 1 aromatic carbocycles. The second-order valence-electron chi connectivity index (χ2n) is 6.45. The number of anilines is 2. The average Bonchev–Trinajstić information content (AvgIpc) is 3.10. The first kappa shape index (κ1) is 12.1. The zero-order valence-electron chi connectivity index (χ0n) is 12.6. The van der Waals surface area contributed by atoms with Crippen molar-refractivity contribution in [3.8, 4) is 11.3 Å². The Balaban J connectivity index is 1.79. The van der Waals surface area contributed by atoms with E-state index in [0.717, 1.165) is 11.3 Å².